The smallest absolute Gasteiger partial charge is 0.0424 e. The quantitative estimate of drug-likeness (QED) is 0.912. The van der Waals surface area contributed by atoms with Crippen molar-refractivity contribution < 1.29 is 0 Å². The second kappa shape index (κ2) is 6.50. The first-order chi connectivity index (χ1) is 9.77. The molecule has 1 saturated heterocycles. The highest BCUT2D eigenvalue weighted by Gasteiger charge is 2.24. The van der Waals surface area contributed by atoms with Gasteiger partial charge in [-0.3, -0.25) is 0 Å². The van der Waals surface area contributed by atoms with Gasteiger partial charge < -0.3 is 10.6 Å². The predicted octanol–water partition coefficient (Wildman–Crippen LogP) is 3.96. The van der Waals surface area contributed by atoms with Crippen LogP contribution in [0.3, 0.4) is 0 Å². The standard InChI is InChI=1S/C19H32N2/c1-14-10-11-21(12-15(14)2)13-18(20)16-6-8-17(9-7-16)19(3,4)5/h6-9,14-15,18H,10-13,20H2,1-5H3. The zero-order chi connectivity index (χ0) is 15.6. The predicted molar refractivity (Wildman–Crippen MR) is 91.5 cm³/mol. The van der Waals surface area contributed by atoms with Crippen LogP contribution in [0, 0.1) is 11.8 Å². The summed E-state index contributed by atoms with van der Waals surface area (Å²) in [6.07, 6.45) is 1.30. The van der Waals surface area contributed by atoms with E-state index in [4.69, 9.17) is 5.73 Å². The van der Waals surface area contributed by atoms with E-state index in [1.807, 2.05) is 0 Å². The van der Waals surface area contributed by atoms with Gasteiger partial charge in [0, 0.05) is 19.1 Å². The number of nitrogens with zero attached hydrogens (tertiary/aromatic N) is 1. The molecule has 0 aliphatic carbocycles. The monoisotopic (exact) mass is 288 g/mol. The van der Waals surface area contributed by atoms with Gasteiger partial charge in [0.25, 0.3) is 0 Å². The molecule has 1 fully saturated rings. The lowest BCUT2D eigenvalue weighted by molar-refractivity contribution is 0.132. The average Bonchev–Trinajstić information content (AvgIpc) is 2.42. The van der Waals surface area contributed by atoms with Crippen LogP contribution in [0.4, 0.5) is 0 Å². The van der Waals surface area contributed by atoms with Crippen molar-refractivity contribution in [1.82, 2.24) is 4.90 Å². The van der Waals surface area contributed by atoms with Gasteiger partial charge in [-0.1, -0.05) is 58.9 Å². The summed E-state index contributed by atoms with van der Waals surface area (Å²) in [4.78, 5) is 2.53. The second-order valence-electron chi connectivity index (χ2n) is 7.98. The Labute approximate surface area is 130 Å². The fourth-order valence-corrected chi connectivity index (χ4v) is 3.13. The molecule has 1 heterocycles. The van der Waals surface area contributed by atoms with Gasteiger partial charge in [0.05, 0.1) is 0 Å². The normalized spacial score (nSPS) is 25.8. The Hall–Kier alpha value is -0.860. The first kappa shape index (κ1) is 16.5. The fourth-order valence-electron chi connectivity index (χ4n) is 3.13. The minimum atomic E-state index is 0.125. The third kappa shape index (κ3) is 4.31. The zero-order valence-electron chi connectivity index (χ0n) is 14.4. The summed E-state index contributed by atoms with van der Waals surface area (Å²) >= 11 is 0. The Kier molecular flexibility index (Phi) is 5.11. The molecule has 0 saturated carbocycles. The van der Waals surface area contributed by atoms with Crippen LogP contribution in [-0.2, 0) is 5.41 Å². The molecule has 1 aromatic rings. The molecule has 0 amide bonds. The molecule has 3 unspecified atom stereocenters. The van der Waals surface area contributed by atoms with Crippen LogP contribution in [0.15, 0.2) is 24.3 Å². The lowest BCUT2D eigenvalue weighted by atomic mass is 9.86. The number of likely N-dealkylation sites (tertiary alicyclic amines) is 1. The Bertz CT molecular complexity index is 444. The van der Waals surface area contributed by atoms with Crippen molar-refractivity contribution in [1.29, 1.82) is 0 Å². The van der Waals surface area contributed by atoms with Gasteiger partial charge in [-0.15, -0.1) is 0 Å². The molecule has 3 atom stereocenters. The number of hydrogen-bond donors (Lipinski definition) is 1. The van der Waals surface area contributed by atoms with Crippen molar-refractivity contribution in [3.63, 3.8) is 0 Å². The van der Waals surface area contributed by atoms with E-state index >= 15 is 0 Å². The molecule has 2 heteroatoms. The van der Waals surface area contributed by atoms with Crippen LogP contribution in [0.1, 0.15) is 58.2 Å². The minimum Gasteiger partial charge on any atom is -0.323 e. The fraction of sp³-hybridized carbons (Fsp3) is 0.684. The third-order valence-corrected chi connectivity index (χ3v) is 5.08. The van der Waals surface area contributed by atoms with E-state index in [9.17, 15) is 0 Å². The van der Waals surface area contributed by atoms with E-state index < -0.39 is 0 Å². The van der Waals surface area contributed by atoms with Gasteiger partial charge in [-0.05, 0) is 41.3 Å². The highest BCUT2D eigenvalue weighted by atomic mass is 15.1. The maximum atomic E-state index is 6.42. The summed E-state index contributed by atoms with van der Waals surface area (Å²) in [6, 6.07) is 9.01. The van der Waals surface area contributed by atoms with Crippen molar-refractivity contribution in [2.45, 2.75) is 52.5 Å². The maximum Gasteiger partial charge on any atom is 0.0424 e. The van der Waals surface area contributed by atoms with Gasteiger partial charge >= 0.3 is 0 Å². The van der Waals surface area contributed by atoms with Crippen molar-refractivity contribution in [3.05, 3.63) is 35.4 Å². The number of hydrogen-bond acceptors (Lipinski definition) is 2. The van der Waals surface area contributed by atoms with Crippen LogP contribution < -0.4 is 5.73 Å². The van der Waals surface area contributed by atoms with E-state index in [0.29, 0.717) is 0 Å². The number of benzene rings is 1. The van der Waals surface area contributed by atoms with Gasteiger partial charge in [0.1, 0.15) is 0 Å². The Morgan fingerprint density at radius 1 is 1.14 bits per heavy atom. The second-order valence-corrected chi connectivity index (χ2v) is 7.98. The van der Waals surface area contributed by atoms with Crippen molar-refractivity contribution in [3.8, 4) is 0 Å². The van der Waals surface area contributed by atoms with Gasteiger partial charge in [0.15, 0.2) is 0 Å². The van der Waals surface area contributed by atoms with E-state index in [-0.39, 0.29) is 11.5 Å². The van der Waals surface area contributed by atoms with Crippen molar-refractivity contribution >= 4 is 0 Å². The molecule has 1 aliphatic heterocycles. The molecule has 118 valence electrons. The summed E-state index contributed by atoms with van der Waals surface area (Å²) in [5.74, 6) is 1.64. The molecular formula is C19H32N2. The average molecular weight is 288 g/mol. The molecule has 21 heavy (non-hydrogen) atoms. The van der Waals surface area contributed by atoms with Gasteiger partial charge in [-0.2, -0.15) is 0 Å². The van der Waals surface area contributed by atoms with Gasteiger partial charge in [-0.25, -0.2) is 0 Å². The SMILES string of the molecule is CC1CCN(CC(N)c2ccc(C(C)(C)C)cc2)CC1C. The Morgan fingerprint density at radius 2 is 1.76 bits per heavy atom. The van der Waals surface area contributed by atoms with E-state index in [1.165, 1.54) is 30.6 Å². The van der Waals surface area contributed by atoms with Crippen LogP contribution in [0.2, 0.25) is 0 Å². The summed E-state index contributed by atoms with van der Waals surface area (Å²) in [5, 5.41) is 0. The molecule has 0 aromatic heterocycles. The number of piperidine rings is 1. The van der Waals surface area contributed by atoms with Crippen LogP contribution >= 0.6 is 0 Å². The highest BCUT2D eigenvalue weighted by Crippen LogP contribution is 2.26. The molecule has 1 aliphatic rings. The van der Waals surface area contributed by atoms with E-state index in [2.05, 4.69) is 63.8 Å². The van der Waals surface area contributed by atoms with Crippen LogP contribution in [-0.4, -0.2) is 24.5 Å². The third-order valence-electron chi connectivity index (χ3n) is 5.08. The Balaban J connectivity index is 1.96. The van der Waals surface area contributed by atoms with Crippen molar-refractivity contribution in [2.24, 2.45) is 17.6 Å². The summed E-state index contributed by atoms with van der Waals surface area (Å²) < 4.78 is 0. The Morgan fingerprint density at radius 3 is 2.29 bits per heavy atom. The van der Waals surface area contributed by atoms with E-state index in [1.54, 1.807) is 0 Å². The van der Waals surface area contributed by atoms with Gasteiger partial charge in [0.2, 0.25) is 0 Å². The zero-order valence-corrected chi connectivity index (χ0v) is 14.4. The minimum absolute atomic E-state index is 0.125. The lowest BCUT2D eigenvalue weighted by Gasteiger charge is -2.36. The molecule has 0 radical (unpaired) electrons. The molecule has 1 aromatic carbocycles. The highest BCUT2D eigenvalue weighted by molar-refractivity contribution is 5.29. The molecule has 2 rings (SSSR count). The number of rotatable bonds is 3. The number of nitrogens with two attached hydrogens (primary N) is 1. The van der Waals surface area contributed by atoms with E-state index in [0.717, 1.165) is 18.4 Å². The summed E-state index contributed by atoms with van der Waals surface area (Å²) in [6.45, 7) is 14.8. The maximum absolute atomic E-state index is 6.42. The molecule has 0 bridgehead atoms. The summed E-state index contributed by atoms with van der Waals surface area (Å²) in [5.41, 5.74) is 9.27. The first-order valence-corrected chi connectivity index (χ1v) is 8.35. The lowest BCUT2D eigenvalue weighted by Crippen LogP contribution is -2.41. The largest absolute Gasteiger partial charge is 0.323 e. The molecule has 2 nitrogen and oxygen atoms in total. The first-order valence-electron chi connectivity index (χ1n) is 8.35. The molecule has 0 spiro atoms. The molecule has 2 N–H and O–H groups in total. The van der Waals surface area contributed by atoms with Crippen LogP contribution in [0.5, 0.6) is 0 Å². The van der Waals surface area contributed by atoms with Crippen molar-refractivity contribution in [2.75, 3.05) is 19.6 Å². The topological polar surface area (TPSA) is 29.3 Å². The summed E-state index contributed by atoms with van der Waals surface area (Å²) in [7, 11) is 0. The molecular weight excluding hydrogens is 256 g/mol. The van der Waals surface area contributed by atoms with Crippen LogP contribution in [0.25, 0.3) is 0 Å².